The number of ether oxygens (including phenoxy) is 2. The Labute approximate surface area is 95.3 Å². The molecule has 1 unspecified atom stereocenters. The van der Waals surface area contributed by atoms with Crippen LogP contribution in [0.25, 0.3) is 0 Å². The molecule has 0 radical (unpaired) electrons. The molecule has 2 N–H and O–H groups in total. The van der Waals surface area contributed by atoms with Gasteiger partial charge in [0.1, 0.15) is 17.5 Å². The fraction of sp³-hybridized carbons (Fsp3) is 0.417. The Morgan fingerprint density at radius 2 is 1.69 bits per heavy atom. The van der Waals surface area contributed by atoms with Crippen molar-refractivity contribution in [3.63, 3.8) is 0 Å². The summed E-state index contributed by atoms with van der Waals surface area (Å²) < 4.78 is 10.1. The lowest BCUT2D eigenvalue weighted by Crippen LogP contribution is -2.38. The molecule has 16 heavy (non-hydrogen) atoms. The van der Waals surface area contributed by atoms with Crippen LogP contribution in [0.1, 0.15) is 13.8 Å². The van der Waals surface area contributed by atoms with Gasteiger partial charge in [0.05, 0.1) is 7.11 Å². The number of methoxy groups -OCH3 is 1. The van der Waals surface area contributed by atoms with Crippen LogP contribution in [0.4, 0.5) is 0 Å². The van der Waals surface area contributed by atoms with Gasteiger partial charge in [-0.05, 0) is 30.2 Å². The van der Waals surface area contributed by atoms with Gasteiger partial charge < -0.3 is 15.2 Å². The molecule has 0 spiro atoms. The van der Waals surface area contributed by atoms with Gasteiger partial charge in [0.2, 0.25) is 0 Å². The van der Waals surface area contributed by atoms with Gasteiger partial charge >= 0.3 is 5.97 Å². The third kappa shape index (κ3) is 3.24. The first-order chi connectivity index (χ1) is 7.54. The highest BCUT2D eigenvalue weighted by Gasteiger charge is 2.19. The number of hydrogen-bond acceptors (Lipinski definition) is 4. The molecule has 0 aromatic heterocycles. The Bertz CT molecular complexity index is 346. The fourth-order valence-electron chi connectivity index (χ4n) is 1.10. The van der Waals surface area contributed by atoms with Crippen LogP contribution in [0.15, 0.2) is 24.3 Å². The molecule has 88 valence electrons. The Kier molecular flexibility index (Phi) is 4.31. The molecule has 0 aliphatic heterocycles. The van der Waals surface area contributed by atoms with Gasteiger partial charge in [-0.15, -0.1) is 0 Å². The van der Waals surface area contributed by atoms with E-state index in [9.17, 15) is 4.79 Å². The average molecular weight is 223 g/mol. The van der Waals surface area contributed by atoms with Crippen LogP contribution in [0.5, 0.6) is 11.5 Å². The van der Waals surface area contributed by atoms with E-state index in [-0.39, 0.29) is 5.92 Å². The van der Waals surface area contributed by atoms with Crippen molar-refractivity contribution < 1.29 is 14.3 Å². The third-order valence-electron chi connectivity index (χ3n) is 2.27. The van der Waals surface area contributed by atoms with Crippen molar-refractivity contribution in [1.29, 1.82) is 0 Å². The zero-order valence-electron chi connectivity index (χ0n) is 9.77. The lowest BCUT2D eigenvalue weighted by Gasteiger charge is -2.14. The van der Waals surface area contributed by atoms with Crippen molar-refractivity contribution in [2.24, 2.45) is 11.7 Å². The Hall–Kier alpha value is -1.55. The first kappa shape index (κ1) is 12.5. The molecule has 1 aromatic rings. The van der Waals surface area contributed by atoms with Gasteiger partial charge in [0, 0.05) is 0 Å². The second-order valence-electron chi connectivity index (χ2n) is 3.87. The number of benzene rings is 1. The molecule has 0 amide bonds. The maximum Gasteiger partial charge on any atom is 0.328 e. The summed E-state index contributed by atoms with van der Waals surface area (Å²) in [4.78, 5) is 11.5. The van der Waals surface area contributed by atoms with Crippen molar-refractivity contribution in [3.8, 4) is 11.5 Å². The van der Waals surface area contributed by atoms with Crippen molar-refractivity contribution in [3.05, 3.63) is 24.3 Å². The van der Waals surface area contributed by atoms with Crippen LogP contribution in [0.3, 0.4) is 0 Å². The highest BCUT2D eigenvalue weighted by molar-refractivity contribution is 5.78. The maximum absolute atomic E-state index is 11.5. The quantitative estimate of drug-likeness (QED) is 0.622. The Balaban J connectivity index is 2.62. The standard InChI is InChI=1S/C12H17NO3/c1-8(2)11(13)12(14)16-10-6-4-9(15-3)5-7-10/h4-8,11H,13H2,1-3H3. The van der Waals surface area contributed by atoms with Crippen molar-refractivity contribution in [2.45, 2.75) is 19.9 Å². The summed E-state index contributed by atoms with van der Waals surface area (Å²) in [5.41, 5.74) is 5.66. The minimum atomic E-state index is -0.595. The number of esters is 1. The second-order valence-corrected chi connectivity index (χ2v) is 3.87. The first-order valence-corrected chi connectivity index (χ1v) is 5.16. The summed E-state index contributed by atoms with van der Waals surface area (Å²) in [6, 6.07) is 6.20. The van der Waals surface area contributed by atoms with Crippen molar-refractivity contribution in [1.82, 2.24) is 0 Å². The largest absolute Gasteiger partial charge is 0.497 e. The van der Waals surface area contributed by atoms with Gasteiger partial charge in [-0.25, -0.2) is 4.79 Å². The topological polar surface area (TPSA) is 61.5 Å². The van der Waals surface area contributed by atoms with E-state index in [1.54, 1.807) is 31.4 Å². The number of carbonyl (C=O) groups is 1. The first-order valence-electron chi connectivity index (χ1n) is 5.16. The Morgan fingerprint density at radius 1 is 1.19 bits per heavy atom. The van der Waals surface area contributed by atoms with E-state index in [0.717, 1.165) is 0 Å². The molecule has 0 heterocycles. The molecule has 0 bridgehead atoms. The van der Waals surface area contributed by atoms with Gasteiger partial charge in [0.25, 0.3) is 0 Å². The smallest absolute Gasteiger partial charge is 0.328 e. The molecule has 0 aliphatic carbocycles. The van der Waals surface area contributed by atoms with E-state index in [4.69, 9.17) is 15.2 Å². The van der Waals surface area contributed by atoms with Crippen LogP contribution >= 0.6 is 0 Å². The SMILES string of the molecule is COc1ccc(OC(=O)C(N)C(C)C)cc1. The summed E-state index contributed by atoms with van der Waals surface area (Å²) >= 11 is 0. The van der Waals surface area contributed by atoms with E-state index in [2.05, 4.69) is 0 Å². The van der Waals surface area contributed by atoms with E-state index >= 15 is 0 Å². The molecule has 1 aromatic carbocycles. The predicted molar refractivity (Wildman–Crippen MR) is 61.4 cm³/mol. The maximum atomic E-state index is 11.5. The van der Waals surface area contributed by atoms with Crippen LogP contribution in [-0.4, -0.2) is 19.1 Å². The van der Waals surface area contributed by atoms with Crippen LogP contribution < -0.4 is 15.2 Å². The van der Waals surface area contributed by atoms with Gasteiger partial charge in [-0.1, -0.05) is 13.8 Å². The number of rotatable bonds is 4. The highest BCUT2D eigenvalue weighted by Crippen LogP contribution is 2.17. The summed E-state index contributed by atoms with van der Waals surface area (Å²) in [6.07, 6.45) is 0. The minimum absolute atomic E-state index is 0.0609. The van der Waals surface area contributed by atoms with Gasteiger partial charge in [-0.2, -0.15) is 0 Å². The number of carbonyl (C=O) groups excluding carboxylic acids is 1. The molecule has 4 heteroatoms. The summed E-state index contributed by atoms with van der Waals surface area (Å²) in [5.74, 6) is 0.834. The molecule has 4 nitrogen and oxygen atoms in total. The summed E-state index contributed by atoms with van der Waals surface area (Å²) in [6.45, 7) is 3.75. The summed E-state index contributed by atoms with van der Waals surface area (Å²) in [5, 5.41) is 0. The molecule has 1 rings (SSSR count). The number of nitrogens with two attached hydrogens (primary N) is 1. The monoisotopic (exact) mass is 223 g/mol. The third-order valence-corrected chi connectivity index (χ3v) is 2.27. The van der Waals surface area contributed by atoms with Crippen LogP contribution in [0.2, 0.25) is 0 Å². The van der Waals surface area contributed by atoms with Crippen molar-refractivity contribution in [2.75, 3.05) is 7.11 Å². The fourth-order valence-corrected chi connectivity index (χ4v) is 1.10. The molecule has 0 saturated heterocycles. The van der Waals surface area contributed by atoms with E-state index < -0.39 is 12.0 Å². The van der Waals surface area contributed by atoms with E-state index in [1.165, 1.54) is 0 Å². The summed E-state index contributed by atoms with van der Waals surface area (Å²) in [7, 11) is 1.58. The minimum Gasteiger partial charge on any atom is -0.497 e. The molecule has 1 atom stereocenters. The zero-order valence-corrected chi connectivity index (χ0v) is 9.77. The van der Waals surface area contributed by atoms with Gasteiger partial charge in [0.15, 0.2) is 0 Å². The van der Waals surface area contributed by atoms with E-state index in [1.807, 2.05) is 13.8 Å². The average Bonchev–Trinajstić information content (AvgIpc) is 2.28. The number of hydrogen-bond donors (Lipinski definition) is 1. The van der Waals surface area contributed by atoms with Crippen molar-refractivity contribution >= 4 is 5.97 Å². The normalized spacial score (nSPS) is 12.3. The predicted octanol–water partition coefficient (Wildman–Crippen LogP) is 1.58. The molecule has 0 fully saturated rings. The Morgan fingerprint density at radius 3 is 2.12 bits per heavy atom. The van der Waals surface area contributed by atoms with Crippen LogP contribution in [0, 0.1) is 5.92 Å². The van der Waals surface area contributed by atoms with Gasteiger partial charge in [-0.3, -0.25) is 0 Å². The second kappa shape index (κ2) is 5.51. The molecule has 0 aliphatic rings. The lowest BCUT2D eigenvalue weighted by molar-refractivity contribution is -0.136. The molecular weight excluding hydrogens is 206 g/mol. The molecule has 0 saturated carbocycles. The highest BCUT2D eigenvalue weighted by atomic mass is 16.5. The molecular formula is C12H17NO3. The van der Waals surface area contributed by atoms with Crippen LogP contribution in [-0.2, 0) is 4.79 Å². The van der Waals surface area contributed by atoms with E-state index in [0.29, 0.717) is 11.5 Å². The zero-order chi connectivity index (χ0) is 12.1. The lowest BCUT2D eigenvalue weighted by atomic mass is 10.1.